The molecule has 0 saturated carbocycles. The van der Waals surface area contributed by atoms with E-state index in [-0.39, 0.29) is 0 Å². The molecule has 0 atom stereocenters. The number of aliphatic imine (C=N–C) groups is 1. The second-order valence-corrected chi connectivity index (χ2v) is 6.25. The second-order valence-electron chi connectivity index (χ2n) is 4.50. The molecule has 0 bridgehead atoms. The molecular formula is C14H22N2O4S. The van der Waals surface area contributed by atoms with E-state index in [1.165, 1.54) is 13.5 Å². The summed E-state index contributed by atoms with van der Waals surface area (Å²) in [6.45, 7) is 5.33. The quantitative estimate of drug-likeness (QED) is 0.925. The van der Waals surface area contributed by atoms with E-state index in [0.29, 0.717) is 36.0 Å². The van der Waals surface area contributed by atoms with E-state index in [4.69, 9.17) is 9.47 Å². The summed E-state index contributed by atoms with van der Waals surface area (Å²) in [5.74, 6) is 0.858. The molecule has 0 saturated heterocycles. The van der Waals surface area contributed by atoms with Gasteiger partial charge in [0.15, 0.2) is 0 Å². The van der Waals surface area contributed by atoms with Crippen LogP contribution in [0.3, 0.4) is 0 Å². The highest BCUT2D eigenvalue weighted by molar-refractivity contribution is 7.92. The first kappa shape index (κ1) is 17.3. The van der Waals surface area contributed by atoms with Gasteiger partial charge in [0.05, 0.1) is 25.5 Å². The van der Waals surface area contributed by atoms with Crippen molar-refractivity contribution in [3.05, 3.63) is 23.8 Å². The summed E-state index contributed by atoms with van der Waals surface area (Å²) in [6.07, 6.45) is 2.33. The molecule has 1 N–H and O–H groups in total. The minimum Gasteiger partial charge on any atom is -0.495 e. The van der Waals surface area contributed by atoms with E-state index in [0.717, 1.165) is 6.26 Å². The maximum atomic E-state index is 11.4. The Kier molecular flexibility index (Phi) is 6.48. The molecule has 118 valence electrons. The normalized spacial score (nSPS) is 13.6. The van der Waals surface area contributed by atoms with Crippen LogP contribution in [0.15, 0.2) is 23.2 Å². The van der Waals surface area contributed by atoms with Crippen molar-refractivity contribution < 1.29 is 17.9 Å². The molecule has 0 spiro atoms. The standard InChI is InChI=1S/C11H14N2O4S.C3H8/c1-16-9-5-3-4-8(11-12-6-7-17-11)10(9)13-18(2,14)15;1-3-2/h3-5,13H,6-7H2,1-2H3;3H2,1-2H3. The van der Waals surface area contributed by atoms with E-state index in [1.807, 2.05) is 0 Å². The molecule has 6 nitrogen and oxygen atoms in total. The van der Waals surface area contributed by atoms with Gasteiger partial charge in [0.1, 0.15) is 18.0 Å². The molecule has 0 aliphatic carbocycles. The first-order valence-electron chi connectivity index (χ1n) is 6.75. The van der Waals surface area contributed by atoms with E-state index in [9.17, 15) is 8.42 Å². The van der Waals surface area contributed by atoms with Gasteiger partial charge in [0.25, 0.3) is 0 Å². The van der Waals surface area contributed by atoms with Crippen molar-refractivity contribution in [2.24, 2.45) is 4.99 Å². The highest BCUT2D eigenvalue weighted by Crippen LogP contribution is 2.30. The number of methoxy groups -OCH3 is 1. The zero-order valence-corrected chi connectivity index (χ0v) is 13.7. The smallest absolute Gasteiger partial charge is 0.229 e. The van der Waals surface area contributed by atoms with Crippen LogP contribution in [0, 0.1) is 0 Å². The van der Waals surface area contributed by atoms with Gasteiger partial charge >= 0.3 is 0 Å². The molecule has 0 amide bonds. The number of anilines is 1. The Balaban J connectivity index is 0.000000677. The van der Waals surface area contributed by atoms with Crippen LogP contribution in [0.2, 0.25) is 0 Å². The van der Waals surface area contributed by atoms with Crippen LogP contribution in [0.25, 0.3) is 0 Å². The van der Waals surface area contributed by atoms with Gasteiger partial charge in [-0.25, -0.2) is 13.4 Å². The molecule has 1 aliphatic rings. The molecule has 21 heavy (non-hydrogen) atoms. The van der Waals surface area contributed by atoms with Crippen LogP contribution >= 0.6 is 0 Å². The predicted molar refractivity (Wildman–Crippen MR) is 84.8 cm³/mol. The first-order chi connectivity index (χ1) is 9.92. The Morgan fingerprint density at radius 3 is 2.52 bits per heavy atom. The fourth-order valence-corrected chi connectivity index (χ4v) is 2.25. The Labute approximate surface area is 126 Å². The molecule has 1 aliphatic heterocycles. The average molecular weight is 314 g/mol. The van der Waals surface area contributed by atoms with E-state index >= 15 is 0 Å². The fraction of sp³-hybridized carbons (Fsp3) is 0.500. The lowest BCUT2D eigenvalue weighted by molar-refractivity contribution is 0.348. The number of nitrogens with zero attached hydrogens (tertiary/aromatic N) is 1. The average Bonchev–Trinajstić information content (AvgIpc) is 2.92. The Hall–Kier alpha value is -1.76. The van der Waals surface area contributed by atoms with Gasteiger partial charge in [0.2, 0.25) is 15.9 Å². The van der Waals surface area contributed by atoms with Gasteiger partial charge in [-0.2, -0.15) is 0 Å². The molecule has 0 radical (unpaired) electrons. The lowest BCUT2D eigenvalue weighted by Gasteiger charge is -2.14. The molecule has 1 aromatic carbocycles. The van der Waals surface area contributed by atoms with Crippen LogP contribution in [0.4, 0.5) is 5.69 Å². The van der Waals surface area contributed by atoms with Gasteiger partial charge in [-0.1, -0.05) is 26.3 Å². The third kappa shape index (κ3) is 5.26. The summed E-state index contributed by atoms with van der Waals surface area (Å²) in [4.78, 5) is 4.18. The van der Waals surface area contributed by atoms with Gasteiger partial charge < -0.3 is 9.47 Å². The number of para-hydroxylation sites is 1. The molecule has 2 rings (SSSR count). The minimum absolute atomic E-state index is 0.350. The van der Waals surface area contributed by atoms with E-state index in [2.05, 4.69) is 23.6 Å². The largest absolute Gasteiger partial charge is 0.495 e. The zero-order chi connectivity index (χ0) is 15.9. The maximum Gasteiger partial charge on any atom is 0.229 e. The molecule has 0 aromatic heterocycles. The number of hydrogen-bond donors (Lipinski definition) is 1. The van der Waals surface area contributed by atoms with Crippen LogP contribution in [0.5, 0.6) is 5.75 Å². The van der Waals surface area contributed by atoms with Crippen molar-refractivity contribution in [1.82, 2.24) is 0 Å². The zero-order valence-electron chi connectivity index (χ0n) is 12.8. The number of nitrogens with one attached hydrogen (secondary N) is 1. The van der Waals surface area contributed by atoms with E-state index in [1.54, 1.807) is 18.2 Å². The highest BCUT2D eigenvalue weighted by Gasteiger charge is 2.19. The third-order valence-electron chi connectivity index (χ3n) is 2.35. The summed E-state index contributed by atoms with van der Waals surface area (Å²) < 4.78 is 35.7. The van der Waals surface area contributed by atoms with Crippen LogP contribution in [-0.2, 0) is 14.8 Å². The third-order valence-corrected chi connectivity index (χ3v) is 2.92. The van der Waals surface area contributed by atoms with Crippen LogP contribution in [0.1, 0.15) is 25.8 Å². The van der Waals surface area contributed by atoms with Gasteiger partial charge in [-0.3, -0.25) is 4.72 Å². The molecule has 7 heteroatoms. The van der Waals surface area contributed by atoms with Crippen molar-refractivity contribution >= 4 is 21.6 Å². The SMILES string of the molecule is CCC.COc1cccc(C2=NCCO2)c1NS(C)(=O)=O. The topological polar surface area (TPSA) is 77.0 Å². The molecule has 0 fully saturated rings. The Bertz CT molecular complexity index is 597. The van der Waals surface area contributed by atoms with Crippen LogP contribution in [-0.4, -0.2) is 40.8 Å². The van der Waals surface area contributed by atoms with Crippen molar-refractivity contribution in [3.63, 3.8) is 0 Å². The van der Waals surface area contributed by atoms with Crippen molar-refractivity contribution in [1.29, 1.82) is 0 Å². The van der Waals surface area contributed by atoms with Gasteiger partial charge in [-0.15, -0.1) is 0 Å². The van der Waals surface area contributed by atoms with Crippen molar-refractivity contribution in [3.8, 4) is 5.75 Å². The first-order valence-corrected chi connectivity index (χ1v) is 8.64. The fourth-order valence-electron chi connectivity index (χ4n) is 1.67. The van der Waals surface area contributed by atoms with E-state index < -0.39 is 10.0 Å². The van der Waals surface area contributed by atoms with Crippen LogP contribution < -0.4 is 9.46 Å². The predicted octanol–water partition coefficient (Wildman–Crippen LogP) is 2.26. The monoisotopic (exact) mass is 314 g/mol. The number of rotatable bonds is 4. The number of ether oxygens (including phenoxy) is 2. The van der Waals surface area contributed by atoms with Crippen molar-refractivity contribution in [2.45, 2.75) is 20.3 Å². The number of benzene rings is 1. The summed E-state index contributed by atoms with van der Waals surface area (Å²) in [5.41, 5.74) is 0.931. The summed E-state index contributed by atoms with van der Waals surface area (Å²) in [6, 6.07) is 5.17. The molecule has 1 heterocycles. The lowest BCUT2D eigenvalue weighted by atomic mass is 10.1. The molecule has 1 aromatic rings. The van der Waals surface area contributed by atoms with Gasteiger partial charge in [-0.05, 0) is 12.1 Å². The van der Waals surface area contributed by atoms with Crippen molar-refractivity contribution in [2.75, 3.05) is 31.2 Å². The lowest BCUT2D eigenvalue weighted by Crippen LogP contribution is -2.14. The molecular weight excluding hydrogens is 292 g/mol. The second kappa shape index (κ2) is 7.87. The van der Waals surface area contributed by atoms with Gasteiger partial charge in [0, 0.05) is 0 Å². The summed E-state index contributed by atoms with van der Waals surface area (Å²) >= 11 is 0. The minimum atomic E-state index is -3.40. The number of sulfonamides is 1. The summed E-state index contributed by atoms with van der Waals surface area (Å²) in [7, 11) is -1.93. The summed E-state index contributed by atoms with van der Waals surface area (Å²) in [5, 5.41) is 0. The highest BCUT2D eigenvalue weighted by atomic mass is 32.2. The maximum absolute atomic E-state index is 11.4. The number of hydrogen-bond acceptors (Lipinski definition) is 5. The Morgan fingerprint density at radius 2 is 2.05 bits per heavy atom. The molecule has 0 unspecified atom stereocenters. The Morgan fingerprint density at radius 1 is 1.38 bits per heavy atom.